The molecule has 0 spiro atoms. The lowest BCUT2D eigenvalue weighted by Gasteiger charge is -2.19. The zero-order chi connectivity index (χ0) is 9.68. The smallest absolute Gasteiger partial charge is 0.00668 e. The van der Waals surface area contributed by atoms with Crippen molar-refractivity contribution in [3.63, 3.8) is 0 Å². The normalized spacial score (nSPS) is 13.2. The van der Waals surface area contributed by atoms with Crippen LogP contribution in [0.25, 0.3) is 0 Å². The molecule has 1 atom stereocenters. The van der Waals surface area contributed by atoms with E-state index in [0.29, 0.717) is 6.04 Å². The molecule has 0 amide bonds. The van der Waals surface area contributed by atoms with Crippen molar-refractivity contribution in [3.8, 4) is 0 Å². The molecule has 13 heavy (non-hydrogen) atoms. The number of benzene rings is 1. The van der Waals surface area contributed by atoms with E-state index in [1.54, 1.807) is 0 Å². The first kappa shape index (κ1) is 10.3. The van der Waals surface area contributed by atoms with Gasteiger partial charge >= 0.3 is 0 Å². The van der Waals surface area contributed by atoms with Gasteiger partial charge in [0, 0.05) is 6.04 Å². The summed E-state index contributed by atoms with van der Waals surface area (Å²) in [6.45, 7) is 2.24. The highest BCUT2D eigenvalue weighted by Crippen LogP contribution is 2.09. The summed E-state index contributed by atoms with van der Waals surface area (Å²) in [7, 11) is 4.23. The molecule has 0 aliphatic carbocycles. The van der Waals surface area contributed by atoms with Crippen molar-refractivity contribution in [3.05, 3.63) is 42.3 Å². The molecule has 1 nitrogen and oxygen atoms in total. The van der Waals surface area contributed by atoms with Gasteiger partial charge < -0.3 is 4.90 Å². The average Bonchev–Trinajstić information content (AvgIpc) is 2.15. The van der Waals surface area contributed by atoms with E-state index in [1.807, 2.05) is 6.07 Å². The molecule has 0 heterocycles. The van der Waals surface area contributed by atoms with Crippen LogP contribution in [-0.2, 0) is 0 Å². The van der Waals surface area contributed by atoms with Gasteiger partial charge in [-0.3, -0.25) is 0 Å². The van der Waals surface area contributed by atoms with Crippen molar-refractivity contribution in [1.29, 1.82) is 0 Å². The molecule has 0 aliphatic heterocycles. The second-order valence-electron chi connectivity index (χ2n) is 3.66. The molecule has 1 rings (SSSR count). The molecule has 0 saturated carbocycles. The Kier molecular flexibility index (Phi) is 3.97. The quantitative estimate of drug-likeness (QED) is 0.681. The maximum atomic E-state index is 2.28. The molecule has 0 N–H and O–H groups in total. The monoisotopic (exact) mass is 176 g/mol. The van der Waals surface area contributed by atoms with Crippen molar-refractivity contribution >= 4 is 0 Å². The third kappa shape index (κ3) is 3.60. The van der Waals surface area contributed by atoms with Gasteiger partial charge in [0.15, 0.2) is 0 Å². The van der Waals surface area contributed by atoms with E-state index in [0.717, 1.165) is 6.42 Å². The molecular formula is C12H18N. The third-order valence-electron chi connectivity index (χ3n) is 2.38. The lowest BCUT2D eigenvalue weighted by Crippen LogP contribution is -2.24. The summed E-state index contributed by atoms with van der Waals surface area (Å²) in [6.07, 6.45) is 3.39. The Balaban J connectivity index is 2.35. The van der Waals surface area contributed by atoms with Gasteiger partial charge in [-0.25, -0.2) is 0 Å². The highest BCUT2D eigenvalue weighted by molar-refractivity contribution is 5.22. The molecule has 1 aromatic rings. The van der Waals surface area contributed by atoms with E-state index in [4.69, 9.17) is 0 Å². The minimum atomic E-state index is 0.611. The first-order valence-electron chi connectivity index (χ1n) is 4.75. The van der Waals surface area contributed by atoms with Gasteiger partial charge in [0.25, 0.3) is 0 Å². The summed E-state index contributed by atoms with van der Waals surface area (Å²) in [5.41, 5.74) is 1.32. The number of hydrogen-bond acceptors (Lipinski definition) is 1. The van der Waals surface area contributed by atoms with Crippen molar-refractivity contribution < 1.29 is 0 Å². The third-order valence-corrected chi connectivity index (χ3v) is 2.38. The second-order valence-corrected chi connectivity index (χ2v) is 3.66. The van der Waals surface area contributed by atoms with E-state index in [2.05, 4.69) is 56.6 Å². The lowest BCUT2D eigenvalue weighted by atomic mass is 10.1. The summed E-state index contributed by atoms with van der Waals surface area (Å²) in [4.78, 5) is 2.24. The minimum Gasteiger partial charge on any atom is -0.307 e. The van der Waals surface area contributed by atoms with Crippen molar-refractivity contribution in [2.24, 2.45) is 0 Å². The Bertz CT molecular complexity index is 228. The molecule has 0 bridgehead atoms. The van der Waals surface area contributed by atoms with Gasteiger partial charge in [-0.1, -0.05) is 30.3 Å². The lowest BCUT2D eigenvalue weighted by molar-refractivity contribution is 0.312. The van der Waals surface area contributed by atoms with Crippen LogP contribution >= 0.6 is 0 Å². The zero-order valence-corrected chi connectivity index (χ0v) is 8.70. The molecule has 0 aliphatic rings. The Hall–Kier alpha value is -0.820. The average molecular weight is 176 g/mol. The molecule has 1 unspecified atom stereocenters. The molecule has 0 fully saturated rings. The largest absolute Gasteiger partial charge is 0.307 e. The molecule has 71 valence electrons. The second kappa shape index (κ2) is 5.03. The summed E-state index contributed by atoms with van der Waals surface area (Å²) >= 11 is 0. The predicted molar refractivity (Wildman–Crippen MR) is 57.6 cm³/mol. The summed E-state index contributed by atoms with van der Waals surface area (Å²) in [6, 6.07) is 11.1. The molecule has 0 aromatic heterocycles. The highest BCUT2D eigenvalue weighted by Gasteiger charge is 2.03. The fourth-order valence-electron chi connectivity index (χ4n) is 1.11. The Morgan fingerprint density at radius 3 is 2.38 bits per heavy atom. The fourth-order valence-corrected chi connectivity index (χ4v) is 1.11. The van der Waals surface area contributed by atoms with E-state index in [9.17, 15) is 0 Å². The SMILES string of the molecule is CC(C[CH]c1ccccc1)N(C)C. The van der Waals surface area contributed by atoms with Gasteiger partial charge in [0.1, 0.15) is 0 Å². The van der Waals surface area contributed by atoms with Crippen molar-refractivity contribution in [2.45, 2.75) is 19.4 Å². The maximum Gasteiger partial charge on any atom is 0.00668 e. The minimum absolute atomic E-state index is 0.611. The first-order chi connectivity index (χ1) is 6.20. The number of hydrogen-bond donors (Lipinski definition) is 0. The summed E-state index contributed by atoms with van der Waals surface area (Å²) < 4.78 is 0. The van der Waals surface area contributed by atoms with Crippen LogP contribution in [0.2, 0.25) is 0 Å². The Labute approximate surface area is 81.4 Å². The van der Waals surface area contributed by atoms with Crippen LogP contribution in [0.15, 0.2) is 30.3 Å². The van der Waals surface area contributed by atoms with Crippen LogP contribution in [0.5, 0.6) is 0 Å². The topological polar surface area (TPSA) is 3.24 Å². The van der Waals surface area contributed by atoms with Gasteiger partial charge in [-0.15, -0.1) is 0 Å². The summed E-state index contributed by atoms with van der Waals surface area (Å²) in [5, 5.41) is 0. The maximum absolute atomic E-state index is 2.28. The van der Waals surface area contributed by atoms with E-state index in [-0.39, 0.29) is 0 Å². The van der Waals surface area contributed by atoms with Crippen LogP contribution in [0.3, 0.4) is 0 Å². The number of rotatable bonds is 4. The predicted octanol–water partition coefficient (Wildman–Crippen LogP) is 2.58. The van der Waals surface area contributed by atoms with Gasteiger partial charge in [0.05, 0.1) is 0 Å². The van der Waals surface area contributed by atoms with E-state index < -0.39 is 0 Å². The molecule has 0 saturated heterocycles. The van der Waals surface area contributed by atoms with Crippen molar-refractivity contribution in [2.75, 3.05) is 14.1 Å². The molecule has 1 heteroatoms. The van der Waals surface area contributed by atoms with Gasteiger partial charge in [0.2, 0.25) is 0 Å². The molecule has 1 aromatic carbocycles. The number of nitrogens with zero attached hydrogens (tertiary/aromatic N) is 1. The Morgan fingerprint density at radius 1 is 1.23 bits per heavy atom. The van der Waals surface area contributed by atoms with Crippen LogP contribution in [0.1, 0.15) is 18.9 Å². The van der Waals surface area contributed by atoms with Crippen LogP contribution < -0.4 is 0 Å². The zero-order valence-electron chi connectivity index (χ0n) is 8.70. The van der Waals surface area contributed by atoms with Crippen LogP contribution in [0, 0.1) is 6.42 Å². The Morgan fingerprint density at radius 2 is 1.85 bits per heavy atom. The van der Waals surface area contributed by atoms with E-state index >= 15 is 0 Å². The van der Waals surface area contributed by atoms with Crippen LogP contribution in [-0.4, -0.2) is 25.0 Å². The summed E-state index contributed by atoms with van der Waals surface area (Å²) in [5.74, 6) is 0. The fraction of sp³-hybridized carbons (Fsp3) is 0.417. The van der Waals surface area contributed by atoms with Gasteiger partial charge in [-0.05, 0) is 39.4 Å². The van der Waals surface area contributed by atoms with E-state index in [1.165, 1.54) is 5.56 Å². The van der Waals surface area contributed by atoms with Crippen molar-refractivity contribution in [1.82, 2.24) is 4.90 Å². The highest BCUT2D eigenvalue weighted by atomic mass is 15.1. The first-order valence-corrected chi connectivity index (χ1v) is 4.75. The molecule has 1 radical (unpaired) electrons. The molecular weight excluding hydrogens is 158 g/mol. The van der Waals surface area contributed by atoms with Gasteiger partial charge in [-0.2, -0.15) is 0 Å². The standard InChI is InChI=1S/C12H18N/c1-11(13(2)3)9-10-12-7-5-4-6-8-12/h4-8,10-11H,9H2,1-3H3. The van der Waals surface area contributed by atoms with Crippen LogP contribution in [0.4, 0.5) is 0 Å².